The van der Waals surface area contributed by atoms with Crippen molar-refractivity contribution in [2.75, 3.05) is 13.2 Å². The highest BCUT2D eigenvalue weighted by molar-refractivity contribution is 7.55. The van der Waals surface area contributed by atoms with Crippen LogP contribution in [0.2, 0.25) is 0 Å². The third kappa shape index (κ3) is 6.95. The first-order valence-electron chi connectivity index (χ1n) is 5.62. The van der Waals surface area contributed by atoms with Crippen LogP contribution in [0.25, 0.3) is 0 Å². The predicted molar refractivity (Wildman–Crippen MR) is 75.5 cm³/mol. The van der Waals surface area contributed by atoms with Gasteiger partial charge in [-0.05, 0) is 11.8 Å². The van der Waals surface area contributed by atoms with Gasteiger partial charge in [0.2, 0.25) is 9.64 Å². The highest BCUT2D eigenvalue weighted by Gasteiger charge is 2.48. The molecule has 0 aromatic carbocycles. The van der Waals surface area contributed by atoms with Crippen LogP contribution in [0.1, 0.15) is 27.7 Å². The molecule has 0 aliphatic rings. The average Bonchev–Trinajstić information content (AvgIpc) is 2.21. The van der Waals surface area contributed by atoms with Crippen LogP contribution in [0.5, 0.6) is 0 Å². The van der Waals surface area contributed by atoms with Crippen LogP contribution < -0.4 is 0 Å². The maximum absolute atomic E-state index is 12.4. The number of halogens is 3. The molecule has 8 heteroatoms. The largest absolute Gasteiger partial charge is 0.377 e. The molecule has 1 N–H and O–H groups in total. The molecule has 0 unspecified atom stereocenters. The highest BCUT2D eigenvalue weighted by Crippen LogP contribution is 2.59. The van der Waals surface area contributed by atoms with Gasteiger partial charge in [0.05, 0.1) is 13.2 Å². The minimum atomic E-state index is -3.88. The molecular formula is C10H20Cl3O4P. The van der Waals surface area contributed by atoms with E-state index in [9.17, 15) is 9.67 Å². The van der Waals surface area contributed by atoms with Crippen molar-refractivity contribution in [1.82, 2.24) is 0 Å². The highest BCUT2D eigenvalue weighted by atomic mass is 35.6. The molecule has 0 radical (unpaired) electrons. The van der Waals surface area contributed by atoms with E-state index in [1.54, 1.807) is 0 Å². The first-order valence-corrected chi connectivity index (χ1v) is 8.37. The van der Waals surface area contributed by atoms with Gasteiger partial charge in [0.25, 0.3) is 0 Å². The fourth-order valence-electron chi connectivity index (χ4n) is 0.864. The second kappa shape index (κ2) is 7.68. The lowest BCUT2D eigenvalue weighted by atomic mass is 10.2. The van der Waals surface area contributed by atoms with Crippen molar-refractivity contribution < 1.29 is 18.7 Å². The smallest absolute Gasteiger partial charge is 0.363 e. The zero-order chi connectivity index (χ0) is 14.6. The van der Waals surface area contributed by atoms with E-state index in [1.165, 1.54) is 0 Å². The molecule has 0 spiro atoms. The number of aliphatic hydroxyl groups is 1. The molecule has 0 amide bonds. The summed E-state index contributed by atoms with van der Waals surface area (Å²) in [5.41, 5.74) is 0. The molecule has 18 heavy (non-hydrogen) atoms. The molecule has 1 atom stereocenters. The third-order valence-corrected chi connectivity index (χ3v) is 4.85. The Morgan fingerprint density at radius 1 is 1.06 bits per heavy atom. The number of alkyl halides is 3. The summed E-state index contributed by atoms with van der Waals surface area (Å²) < 4.78 is 20.6. The van der Waals surface area contributed by atoms with Crippen LogP contribution in [0.4, 0.5) is 0 Å². The van der Waals surface area contributed by atoms with Crippen molar-refractivity contribution in [3.63, 3.8) is 0 Å². The van der Waals surface area contributed by atoms with E-state index in [4.69, 9.17) is 43.9 Å². The van der Waals surface area contributed by atoms with Gasteiger partial charge in [-0.25, -0.2) is 0 Å². The topological polar surface area (TPSA) is 55.8 Å². The lowest BCUT2D eigenvalue weighted by molar-refractivity contribution is 0.125. The van der Waals surface area contributed by atoms with Crippen LogP contribution >= 0.6 is 42.4 Å². The van der Waals surface area contributed by atoms with Gasteiger partial charge in [-0.2, -0.15) is 0 Å². The predicted octanol–water partition coefficient (Wildman–Crippen LogP) is 4.21. The van der Waals surface area contributed by atoms with Gasteiger partial charge in [0.15, 0.2) is 0 Å². The average molecular weight is 342 g/mol. The summed E-state index contributed by atoms with van der Waals surface area (Å²) in [6.07, 6.45) is 0. The van der Waals surface area contributed by atoms with Crippen LogP contribution in [0.15, 0.2) is 0 Å². The van der Waals surface area contributed by atoms with Gasteiger partial charge in [-0.1, -0.05) is 62.5 Å². The van der Waals surface area contributed by atoms with Gasteiger partial charge in [0.1, 0.15) is 0 Å². The van der Waals surface area contributed by atoms with E-state index in [1.807, 2.05) is 27.7 Å². The van der Waals surface area contributed by atoms with Gasteiger partial charge in [0, 0.05) is 0 Å². The Kier molecular flexibility index (Phi) is 8.10. The molecule has 0 saturated heterocycles. The zero-order valence-electron chi connectivity index (χ0n) is 10.9. The summed E-state index contributed by atoms with van der Waals surface area (Å²) in [6, 6.07) is 0. The van der Waals surface area contributed by atoms with Gasteiger partial charge in [-0.3, -0.25) is 4.57 Å². The Labute approximate surface area is 123 Å². The summed E-state index contributed by atoms with van der Waals surface area (Å²) in [6.45, 7) is 7.77. The molecule has 0 heterocycles. The standard InChI is InChI=1S/C10H20Cl3O4P/c1-7(2)5-16-18(15,17-6-8(3)4)9(14)10(11,12)13/h7-9,14H,5-6H2,1-4H3/t9-/m1/s1. The molecule has 0 aromatic heterocycles. The first kappa shape index (κ1) is 19.0. The SMILES string of the molecule is CC(C)COP(=O)(OCC(C)C)[C@@H](O)C(Cl)(Cl)Cl. The Morgan fingerprint density at radius 3 is 1.61 bits per heavy atom. The number of hydrogen-bond donors (Lipinski definition) is 1. The van der Waals surface area contributed by atoms with E-state index in [-0.39, 0.29) is 25.0 Å². The normalized spacial score (nSPS) is 15.4. The molecule has 110 valence electrons. The van der Waals surface area contributed by atoms with Gasteiger partial charge in [-0.15, -0.1) is 0 Å². The van der Waals surface area contributed by atoms with Crippen molar-refractivity contribution in [3.05, 3.63) is 0 Å². The van der Waals surface area contributed by atoms with Crippen LogP contribution in [0.3, 0.4) is 0 Å². The van der Waals surface area contributed by atoms with E-state index >= 15 is 0 Å². The summed E-state index contributed by atoms with van der Waals surface area (Å²) in [7, 11) is -3.88. The minimum Gasteiger partial charge on any atom is -0.377 e. The van der Waals surface area contributed by atoms with E-state index in [2.05, 4.69) is 0 Å². The van der Waals surface area contributed by atoms with Crippen LogP contribution in [0, 0.1) is 11.8 Å². The Bertz CT molecular complexity index is 275. The fourth-order valence-corrected chi connectivity index (χ4v) is 3.67. The van der Waals surface area contributed by atoms with Crippen molar-refractivity contribution in [1.29, 1.82) is 0 Å². The van der Waals surface area contributed by atoms with Crippen molar-refractivity contribution in [3.8, 4) is 0 Å². The van der Waals surface area contributed by atoms with Crippen LogP contribution in [-0.2, 0) is 13.6 Å². The first-order chi connectivity index (χ1) is 7.99. The molecule has 0 bridgehead atoms. The monoisotopic (exact) mass is 340 g/mol. The second-order valence-corrected chi connectivity index (χ2v) is 9.29. The fraction of sp³-hybridized carbons (Fsp3) is 1.00. The molecule has 0 aromatic rings. The number of hydrogen-bond acceptors (Lipinski definition) is 4. The maximum atomic E-state index is 12.4. The van der Waals surface area contributed by atoms with Crippen molar-refractivity contribution in [2.45, 2.75) is 37.3 Å². The molecule has 0 saturated carbocycles. The van der Waals surface area contributed by atoms with Gasteiger partial charge >= 0.3 is 7.60 Å². The third-order valence-electron chi connectivity index (χ3n) is 1.77. The molecular weight excluding hydrogens is 321 g/mol. The minimum absolute atomic E-state index is 0.114. The lowest BCUT2D eigenvalue weighted by Crippen LogP contribution is -2.28. The number of rotatable bonds is 7. The van der Waals surface area contributed by atoms with Crippen LogP contribution in [-0.4, -0.2) is 28.0 Å². The molecule has 0 aliphatic heterocycles. The summed E-state index contributed by atoms with van der Waals surface area (Å²) >= 11 is 16.6. The lowest BCUT2D eigenvalue weighted by Gasteiger charge is -2.28. The quantitative estimate of drug-likeness (QED) is 0.556. The van der Waals surface area contributed by atoms with E-state index in [0.717, 1.165) is 0 Å². The second-order valence-electron chi connectivity index (χ2n) is 4.83. The van der Waals surface area contributed by atoms with Crippen molar-refractivity contribution in [2.24, 2.45) is 11.8 Å². The summed E-state index contributed by atoms with van der Waals surface area (Å²) in [5.74, 6) is -1.58. The Morgan fingerprint density at radius 2 is 1.39 bits per heavy atom. The van der Waals surface area contributed by atoms with Gasteiger partial charge < -0.3 is 14.2 Å². The Hall–Kier alpha value is 0.980. The summed E-state index contributed by atoms with van der Waals surface area (Å²) in [5, 5.41) is 9.82. The van der Waals surface area contributed by atoms with Crippen molar-refractivity contribution >= 4 is 42.4 Å². The zero-order valence-corrected chi connectivity index (χ0v) is 14.1. The van der Waals surface area contributed by atoms with E-state index in [0.29, 0.717) is 0 Å². The molecule has 0 rings (SSSR count). The Balaban J connectivity index is 4.85. The number of aliphatic hydroxyl groups excluding tert-OH is 1. The molecule has 0 fully saturated rings. The molecule has 4 nitrogen and oxygen atoms in total. The maximum Gasteiger partial charge on any atom is 0.363 e. The summed E-state index contributed by atoms with van der Waals surface area (Å²) in [4.78, 5) is 0. The van der Waals surface area contributed by atoms with E-state index < -0.39 is 17.2 Å². The molecule has 0 aliphatic carbocycles.